The first-order valence-corrected chi connectivity index (χ1v) is 7.54. The molecule has 0 fully saturated rings. The molecule has 1 N–H and O–H groups in total. The van der Waals surface area contributed by atoms with E-state index in [4.69, 9.17) is 9.15 Å². The van der Waals surface area contributed by atoms with E-state index in [1.54, 1.807) is 12.1 Å². The molecule has 1 aromatic carbocycles. The zero-order valence-corrected chi connectivity index (χ0v) is 13.6. The summed E-state index contributed by atoms with van der Waals surface area (Å²) in [7, 11) is 0. The van der Waals surface area contributed by atoms with Crippen molar-refractivity contribution in [2.45, 2.75) is 40.3 Å². The van der Waals surface area contributed by atoms with E-state index in [1.165, 1.54) is 5.56 Å². The van der Waals surface area contributed by atoms with Gasteiger partial charge in [0, 0.05) is 6.04 Å². The van der Waals surface area contributed by atoms with E-state index in [-0.39, 0.29) is 11.9 Å². The number of furan rings is 1. The molecule has 118 valence electrons. The Bertz CT molecular complexity index is 614. The molecule has 1 unspecified atom stereocenters. The van der Waals surface area contributed by atoms with Gasteiger partial charge in [-0.15, -0.1) is 0 Å². The summed E-state index contributed by atoms with van der Waals surface area (Å²) < 4.78 is 11.2. The van der Waals surface area contributed by atoms with Gasteiger partial charge in [0.15, 0.2) is 5.76 Å². The molecule has 2 aromatic rings. The van der Waals surface area contributed by atoms with Gasteiger partial charge in [-0.3, -0.25) is 4.79 Å². The molecular formula is C18H23NO3. The van der Waals surface area contributed by atoms with Crippen molar-refractivity contribution in [1.29, 1.82) is 0 Å². The second-order valence-corrected chi connectivity index (χ2v) is 5.87. The second-order valence-electron chi connectivity index (χ2n) is 5.87. The molecule has 0 spiro atoms. The highest BCUT2D eigenvalue weighted by molar-refractivity contribution is 5.91. The van der Waals surface area contributed by atoms with Crippen LogP contribution in [0, 0.1) is 12.8 Å². The lowest BCUT2D eigenvalue weighted by Crippen LogP contribution is -2.35. The molecule has 0 radical (unpaired) electrons. The lowest BCUT2D eigenvalue weighted by molar-refractivity contribution is 0.0898. The molecule has 1 heterocycles. The van der Waals surface area contributed by atoms with Crippen LogP contribution < -0.4 is 10.1 Å². The smallest absolute Gasteiger partial charge is 0.287 e. The first-order chi connectivity index (χ1) is 10.5. The largest absolute Gasteiger partial charge is 0.486 e. The van der Waals surface area contributed by atoms with Crippen molar-refractivity contribution >= 4 is 5.91 Å². The predicted octanol–water partition coefficient (Wildman–Crippen LogP) is 3.94. The van der Waals surface area contributed by atoms with Gasteiger partial charge in [-0.05, 0) is 44.0 Å². The molecule has 1 aromatic heterocycles. The number of aryl methyl sites for hydroxylation is 1. The molecule has 0 saturated carbocycles. The molecule has 0 aliphatic carbocycles. The molecule has 1 atom stereocenters. The van der Waals surface area contributed by atoms with Gasteiger partial charge in [-0.1, -0.05) is 31.5 Å². The zero-order chi connectivity index (χ0) is 16.1. The first kappa shape index (κ1) is 16.1. The van der Waals surface area contributed by atoms with Crippen molar-refractivity contribution in [2.24, 2.45) is 5.92 Å². The van der Waals surface area contributed by atoms with Gasteiger partial charge in [-0.2, -0.15) is 0 Å². The Balaban J connectivity index is 1.91. The summed E-state index contributed by atoms with van der Waals surface area (Å²) in [5, 5.41) is 2.92. The van der Waals surface area contributed by atoms with Crippen LogP contribution >= 0.6 is 0 Å². The summed E-state index contributed by atoms with van der Waals surface area (Å²) in [5.74, 6) is 1.91. The van der Waals surface area contributed by atoms with Crippen molar-refractivity contribution in [3.8, 4) is 5.75 Å². The summed E-state index contributed by atoms with van der Waals surface area (Å²) in [4.78, 5) is 12.0. The van der Waals surface area contributed by atoms with E-state index in [1.807, 2.05) is 38.1 Å². The minimum Gasteiger partial charge on any atom is -0.486 e. The van der Waals surface area contributed by atoms with Crippen LogP contribution in [0.2, 0.25) is 0 Å². The van der Waals surface area contributed by atoms with Crippen molar-refractivity contribution in [2.75, 3.05) is 0 Å². The van der Waals surface area contributed by atoms with Gasteiger partial charge in [0.05, 0.1) is 0 Å². The molecular weight excluding hydrogens is 278 g/mol. The van der Waals surface area contributed by atoms with E-state index in [0.717, 1.165) is 5.75 Å². The summed E-state index contributed by atoms with van der Waals surface area (Å²) in [6.07, 6.45) is 0. The number of nitrogens with one attached hydrogen (secondary N) is 1. The Morgan fingerprint density at radius 3 is 2.45 bits per heavy atom. The molecule has 4 heteroatoms. The number of rotatable bonds is 6. The fraction of sp³-hybridized carbons (Fsp3) is 0.389. The normalized spacial score (nSPS) is 12.2. The maximum absolute atomic E-state index is 12.0. The minimum atomic E-state index is -0.192. The van der Waals surface area contributed by atoms with E-state index in [2.05, 4.69) is 19.2 Å². The summed E-state index contributed by atoms with van der Waals surface area (Å²) >= 11 is 0. The average molecular weight is 301 g/mol. The Hall–Kier alpha value is -2.23. The molecule has 0 aliphatic rings. The summed E-state index contributed by atoms with van der Waals surface area (Å²) in [6, 6.07) is 11.4. The lowest BCUT2D eigenvalue weighted by atomic mass is 10.1. The van der Waals surface area contributed by atoms with Gasteiger partial charge in [-0.25, -0.2) is 0 Å². The maximum Gasteiger partial charge on any atom is 0.287 e. The van der Waals surface area contributed by atoms with Crippen molar-refractivity contribution < 1.29 is 13.9 Å². The Morgan fingerprint density at radius 1 is 1.14 bits per heavy atom. The minimum absolute atomic E-state index is 0.102. The predicted molar refractivity (Wildman–Crippen MR) is 86.0 cm³/mol. The fourth-order valence-corrected chi connectivity index (χ4v) is 1.81. The fourth-order valence-electron chi connectivity index (χ4n) is 1.81. The van der Waals surface area contributed by atoms with Gasteiger partial charge < -0.3 is 14.5 Å². The maximum atomic E-state index is 12.0. The SMILES string of the molecule is Cc1ccc(OCc2ccc(C(=O)NC(C)C(C)C)o2)cc1. The van der Waals surface area contributed by atoms with Crippen molar-refractivity contribution in [3.05, 3.63) is 53.5 Å². The third kappa shape index (κ3) is 4.38. The quantitative estimate of drug-likeness (QED) is 0.879. The van der Waals surface area contributed by atoms with E-state index in [0.29, 0.717) is 24.0 Å². The van der Waals surface area contributed by atoms with Crippen LogP contribution in [0.15, 0.2) is 40.8 Å². The van der Waals surface area contributed by atoms with E-state index >= 15 is 0 Å². The van der Waals surface area contributed by atoms with E-state index < -0.39 is 0 Å². The molecule has 0 saturated heterocycles. The number of hydrogen-bond acceptors (Lipinski definition) is 3. The number of amides is 1. The van der Waals surface area contributed by atoms with E-state index in [9.17, 15) is 4.79 Å². The Morgan fingerprint density at radius 2 is 1.82 bits per heavy atom. The van der Waals surface area contributed by atoms with Gasteiger partial charge >= 0.3 is 0 Å². The Kier molecular flexibility index (Phi) is 5.26. The molecule has 0 aliphatic heterocycles. The van der Waals surface area contributed by atoms with Crippen LogP contribution in [0.5, 0.6) is 5.75 Å². The number of carbonyl (C=O) groups is 1. The molecule has 4 nitrogen and oxygen atoms in total. The first-order valence-electron chi connectivity index (χ1n) is 7.54. The standard InChI is InChI=1S/C18H23NO3/c1-12(2)14(4)19-18(20)17-10-9-16(22-17)11-21-15-7-5-13(3)6-8-15/h5-10,12,14H,11H2,1-4H3,(H,19,20). The number of hydrogen-bond donors (Lipinski definition) is 1. The number of ether oxygens (including phenoxy) is 1. The second kappa shape index (κ2) is 7.16. The van der Waals surface area contributed by atoms with Gasteiger partial charge in [0.25, 0.3) is 5.91 Å². The van der Waals surface area contributed by atoms with Crippen LogP contribution in [0.25, 0.3) is 0 Å². The third-order valence-corrected chi connectivity index (χ3v) is 3.65. The average Bonchev–Trinajstić information content (AvgIpc) is 2.95. The number of benzene rings is 1. The zero-order valence-electron chi connectivity index (χ0n) is 13.6. The molecule has 1 amide bonds. The highest BCUT2D eigenvalue weighted by atomic mass is 16.5. The van der Waals surface area contributed by atoms with Crippen LogP contribution in [0.3, 0.4) is 0 Å². The summed E-state index contributed by atoms with van der Waals surface area (Å²) in [5.41, 5.74) is 1.18. The highest BCUT2D eigenvalue weighted by Gasteiger charge is 2.15. The highest BCUT2D eigenvalue weighted by Crippen LogP contribution is 2.15. The van der Waals surface area contributed by atoms with Crippen LogP contribution in [0.4, 0.5) is 0 Å². The van der Waals surface area contributed by atoms with Crippen molar-refractivity contribution in [3.63, 3.8) is 0 Å². The summed E-state index contributed by atoms with van der Waals surface area (Å²) in [6.45, 7) is 8.43. The number of carbonyl (C=O) groups excluding carboxylic acids is 1. The monoisotopic (exact) mass is 301 g/mol. The molecule has 22 heavy (non-hydrogen) atoms. The molecule has 2 rings (SSSR count). The van der Waals surface area contributed by atoms with Crippen molar-refractivity contribution in [1.82, 2.24) is 5.32 Å². The Labute approximate surface area is 131 Å². The van der Waals surface area contributed by atoms with Crippen LogP contribution in [-0.4, -0.2) is 11.9 Å². The van der Waals surface area contributed by atoms with Gasteiger partial charge in [0.1, 0.15) is 18.1 Å². The topological polar surface area (TPSA) is 51.5 Å². The molecule has 0 bridgehead atoms. The third-order valence-electron chi connectivity index (χ3n) is 3.65. The van der Waals surface area contributed by atoms with Crippen LogP contribution in [-0.2, 0) is 6.61 Å². The van der Waals surface area contributed by atoms with Crippen LogP contribution in [0.1, 0.15) is 42.6 Å². The lowest BCUT2D eigenvalue weighted by Gasteiger charge is -2.16. The van der Waals surface area contributed by atoms with Gasteiger partial charge in [0.2, 0.25) is 0 Å².